The minimum Gasteiger partial charge on any atom is -0.490 e. The maximum atomic E-state index is 13.1. The van der Waals surface area contributed by atoms with Gasteiger partial charge in [-0.15, -0.1) is 0 Å². The number of amides is 3. The lowest BCUT2D eigenvalue weighted by molar-refractivity contribution is -0.132. The fraction of sp³-hybridized carbons (Fsp3) is 0.391. The Labute approximate surface area is 180 Å². The molecule has 4 rings (SSSR count). The van der Waals surface area contributed by atoms with E-state index in [-0.39, 0.29) is 19.9 Å². The number of nitrogens with zero attached hydrogens (tertiary/aromatic N) is 1. The van der Waals surface area contributed by atoms with Gasteiger partial charge in [0.25, 0.3) is 5.91 Å². The van der Waals surface area contributed by atoms with E-state index in [0.29, 0.717) is 22.8 Å². The van der Waals surface area contributed by atoms with Crippen molar-refractivity contribution in [3.05, 3.63) is 52.6 Å². The third-order valence-electron chi connectivity index (χ3n) is 5.91. The van der Waals surface area contributed by atoms with E-state index in [1.807, 2.05) is 32.9 Å². The van der Waals surface area contributed by atoms with Crippen molar-refractivity contribution in [1.82, 2.24) is 10.2 Å². The molecule has 2 aromatic rings. The number of imide groups is 1. The molecule has 0 spiro atoms. The molecular weight excluding hydrogens is 400 g/mol. The highest BCUT2D eigenvalue weighted by molar-refractivity contribution is 6.07. The molecular formula is C23H26N2O6. The molecule has 8 heteroatoms. The molecule has 164 valence electrons. The summed E-state index contributed by atoms with van der Waals surface area (Å²) >= 11 is 0. The predicted molar refractivity (Wildman–Crippen MR) is 112 cm³/mol. The standard InChI is InChI=1S/C23H26N2O6/c1-13-5-6-14(2)20(15(13)3)29-11-17(26)10-25-21(27)23(4,24-22(25)28)16-7-8-18-19(9-16)31-12-30-18/h5-9,17,26H,10-12H2,1-4H3,(H,24,28)/t17-,23-/m0/s1. The zero-order valence-electron chi connectivity index (χ0n) is 18.0. The number of fused-ring (bicyclic) bond motifs is 1. The van der Waals surface area contributed by atoms with E-state index in [9.17, 15) is 14.7 Å². The van der Waals surface area contributed by atoms with Crippen LogP contribution in [0.4, 0.5) is 4.79 Å². The SMILES string of the molecule is Cc1ccc(C)c(OC[C@@H](O)CN2C(=O)N[C@@](C)(c3ccc4c(c3)OCO4)C2=O)c1C. The van der Waals surface area contributed by atoms with E-state index in [1.54, 1.807) is 25.1 Å². The molecule has 2 aliphatic rings. The van der Waals surface area contributed by atoms with Crippen LogP contribution < -0.4 is 19.5 Å². The Morgan fingerprint density at radius 2 is 1.84 bits per heavy atom. The van der Waals surface area contributed by atoms with Crippen LogP contribution >= 0.6 is 0 Å². The van der Waals surface area contributed by atoms with Crippen molar-refractivity contribution < 1.29 is 28.9 Å². The summed E-state index contributed by atoms with van der Waals surface area (Å²) in [4.78, 5) is 26.7. The Bertz CT molecular complexity index is 1050. The Kier molecular flexibility index (Phi) is 5.26. The second-order valence-corrected chi connectivity index (χ2v) is 8.16. The van der Waals surface area contributed by atoms with Crippen LogP contribution in [0.2, 0.25) is 0 Å². The number of aryl methyl sites for hydroxylation is 2. The summed E-state index contributed by atoms with van der Waals surface area (Å²) in [6.07, 6.45) is -1.03. The van der Waals surface area contributed by atoms with Crippen LogP contribution in [0.3, 0.4) is 0 Å². The van der Waals surface area contributed by atoms with Crippen LogP contribution in [-0.2, 0) is 10.3 Å². The molecule has 2 heterocycles. The maximum absolute atomic E-state index is 13.1. The smallest absolute Gasteiger partial charge is 0.325 e. The highest BCUT2D eigenvalue weighted by Gasteiger charge is 2.49. The first-order chi connectivity index (χ1) is 14.7. The normalized spacial score (nSPS) is 20.7. The van der Waals surface area contributed by atoms with E-state index in [4.69, 9.17) is 14.2 Å². The van der Waals surface area contributed by atoms with E-state index >= 15 is 0 Å². The number of aliphatic hydroxyl groups is 1. The van der Waals surface area contributed by atoms with Gasteiger partial charge >= 0.3 is 6.03 Å². The highest BCUT2D eigenvalue weighted by Crippen LogP contribution is 2.38. The zero-order chi connectivity index (χ0) is 22.3. The lowest BCUT2D eigenvalue weighted by Crippen LogP contribution is -2.42. The highest BCUT2D eigenvalue weighted by atomic mass is 16.7. The quantitative estimate of drug-likeness (QED) is 0.689. The summed E-state index contributed by atoms with van der Waals surface area (Å²) in [5, 5.41) is 13.2. The fourth-order valence-electron chi connectivity index (χ4n) is 3.86. The summed E-state index contributed by atoms with van der Waals surface area (Å²) in [6, 6.07) is 8.52. The Morgan fingerprint density at radius 3 is 2.61 bits per heavy atom. The van der Waals surface area contributed by atoms with Crippen molar-refractivity contribution in [2.24, 2.45) is 0 Å². The molecule has 2 aromatic carbocycles. The van der Waals surface area contributed by atoms with E-state index in [1.165, 1.54) is 0 Å². The average Bonchev–Trinajstić information content (AvgIpc) is 3.29. The predicted octanol–water partition coefficient (Wildman–Crippen LogP) is 2.55. The van der Waals surface area contributed by atoms with Gasteiger partial charge in [-0.2, -0.15) is 0 Å². The van der Waals surface area contributed by atoms with Crippen molar-refractivity contribution in [2.75, 3.05) is 19.9 Å². The molecule has 1 fully saturated rings. The summed E-state index contributed by atoms with van der Waals surface area (Å²) in [6.45, 7) is 7.42. The molecule has 0 radical (unpaired) electrons. The van der Waals surface area contributed by atoms with Crippen LogP contribution in [0.25, 0.3) is 0 Å². The van der Waals surface area contributed by atoms with Gasteiger partial charge < -0.3 is 24.6 Å². The number of aliphatic hydroxyl groups excluding tert-OH is 1. The largest absolute Gasteiger partial charge is 0.490 e. The molecule has 0 saturated carbocycles. The van der Waals surface area contributed by atoms with Crippen LogP contribution in [0.5, 0.6) is 17.2 Å². The van der Waals surface area contributed by atoms with E-state index in [2.05, 4.69) is 5.32 Å². The van der Waals surface area contributed by atoms with Crippen molar-refractivity contribution in [3.63, 3.8) is 0 Å². The van der Waals surface area contributed by atoms with Crippen LogP contribution in [0, 0.1) is 20.8 Å². The number of carbonyl (C=O) groups excluding carboxylic acids is 2. The van der Waals surface area contributed by atoms with Crippen LogP contribution in [-0.4, -0.2) is 48.0 Å². The second kappa shape index (κ2) is 7.77. The molecule has 31 heavy (non-hydrogen) atoms. The minimum absolute atomic E-state index is 0.0388. The number of ether oxygens (including phenoxy) is 3. The third kappa shape index (κ3) is 3.67. The lowest BCUT2D eigenvalue weighted by atomic mass is 9.91. The van der Waals surface area contributed by atoms with E-state index < -0.39 is 23.6 Å². The van der Waals surface area contributed by atoms with Gasteiger partial charge in [-0.25, -0.2) is 4.79 Å². The number of rotatable bonds is 6. The first-order valence-corrected chi connectivity index (χ1v) is 10.1. The summed E-state index contributed by atoms with van der Waals surface area (Å²) < 4.78 is 16.5. The zero-order valence-corrected chi connectivity index (χ0v) is 18.0. The van der Waals surface area contributed by atoms with Crippen molar-refractivity contribution in [3.8, 4) is 17.2 Å². The number of carbonyl (C=O) groups is 2. The molecule has 2 aliphatic heterocycles. The summed E-state index contributed by atoms with van der Waals surface area (Å²) in [7, 11) is 0. The summed E-state index contributed by atoms with van der Waals surface area (Å²) in [5.74, 6) is 1.38. The van der Waals surface area contributed by atoms with Crippen molar-refractivity contribution in [2.45, 2.75) is 39.3 Å². The molecule has 2 N–H and O–H groups in total. The van der Waals surface area contributed by atoms with Gasteiger partial charge in [0.2, 0.25) is 6.79 Å². The van der Waals surface area contributed by atoms with Gasteiger partial charge in [-0.3, -0.25) is 9.69 Å². The number of nitrogens with one attached hydrogen (secondary N) is 1. The van der Waals surface area contributed by atoms with Crippen molar-refractivity contribution >= 4 is 11.9 Å². The van der Waals surface area contributed by atoms with Gasteiger partial charge in [-0.1, -0.05) is 18.2 Å². The Morgan fingerprint density at radius 1 is 1.13 bits per heavy atom. The monoisotopic (exact) mass is 426 g/mol. The molecule has 2 atom stereocenters. The second-order valence-electron chi connectivity index (χ2n) is 8.16. The number of benzene rings is 2. The first kappa shape index (κ1) is 21.0. The molecule has 8 nitrogen and oxygen atoms in total. The maximum Gasteiger partial charge on any atom is 0.325 e. The number of hydrogen-bond acceptors (Lipinski definition) is 6. The number of β-amino-alcohol motifs (C(OH)–C–C–N with tert-alkyl or cyclic N) is 1. The van der Waals surface area contributed by atoms with Gasteiger partial charge in [0.15, 0.2) is 11.5 Å². The van der Waals surface area contributed by atoms with Gasteiger partial charge in [-0.05, 0) is 62.1 Å². The average molecular weight is 426 g/mol. The minimum atomic E-state index is -1.26. The Hall–Kier alpha value is -3.26. The molecule has 0 aromatic heterocycles. The van der Waals surface area contributed by atoms with Gasteiger partial charge in [0.1, 0.15) is 24.0 Å². The fourth-order valence-corrected chi connectivity index (χ4v) is 3.86. The molecule has 3 amide bonds. The summed E-state index contributed by atoms with van der Waals surface area (Å²) in [5.41, 5.74) is 2.36. The molecule has 0 unspecified atom stereocenters. The number of urea groups is 1. The molecule has 0 aliphatic carbocycles. The van der Waals surface area contributed by atoms with Gasteiger partial charge in [0.05, 0.1) is 6.54 Å². The number of hydrogen-bond donors (Lipinski definition) is 2. The molecule has 0 bridgehead atoms. The van der Waals surface area contributed by atoms with E-state index in [0.717, 1.165) is 21.6 Å². The first-order valence-electron chi connectivity index (χ1n) is 10.1. The topological polar surface area (TPSA) is 97.3 Å². The molecule has 1 saturated heterocycles. The third-order valence-corrected chi connectivity index (χ3v) is 5.91. The van der Waals surface area contributed by atoms with Gasteiger partial charge in [0, 0.05) is 0 Å². The van der Waals surface area contributed by atoms with Crippen LogP contribution in [0.15, 0.2) is 30.3 Å². The van der Waals surface area contributed by atoms with Crippen LogP contribution in [0.1, 0.15) is 29.2 Å². The van der Waals surface area contributed by atoms with Crippen molar-refractivity contribution in [1.29, 1.82) is 0 Å². The lowest BCUT2D eigenvalue weighted by Gasteiger charge is -2.23. The Balaban J connectivity index is 1.45.